The first-order valence-electron chi connectivity index (χ1n) is 9.87. The van der Waals surface area contributed by atoms with Crippen LogP contribution in [-0.4, -0.2) is 74.4 Å². The summed E-state index contributed by atoms with van der Waals surface area (Å²) in [6.45, 7) is 1.44. The van der Waals surface area contributed by atoms with Gasteiger partial charge in [-0.2, -0.15) is 13.2 Å². The number of pyridine rings is 1. The van der Waals surface area contributed by atoms with Crippen LogP contribution >= 0.6 is 0 Å². The van der Waals surface area contributed by atoms with Crippen LogP contribution in [0.4, 0.5) is 17.6 Å². The number of nitrogens with zero attached hydrogens (tertiary/aromatic N) is 4. The van der Waals surface area contributed by atoms with Crippen molar-refractivity contribution in [1.82, 2.24) is 19.9 Å². The molecule has 2 aromatic heterocycles. The van der Waals surface area contributed by atoms with E-state index in [2.05, 4.69) is 15.0 Å². The molecule has 2 aliphatic rings. The van der Waals surface area contributed by atoms with E-state index in [1.165, 1.54) is 18.3 Å². The van der Waals surface area contributed by atoms with Gasteiger partial charge in [0.2, 0.25) is 5.82 Å². The number of hydrogen-bond donors (Lipinski definition) is 1. The number of amides is 1. The molecule has 0 bridgehead atoms. The number of halogens is 4. The molecular formula is C20H20F4N4O5. The number of carboxylic acids is 1. The van der Waals surface area contributed by atoms with Crippen LogP contribution in [0.2, 0.25) is 0 Å². The summed E-state index contributed by atoms with van der Waals surface area (Å²) in [5.74, 6) is -3.28. The van der Waals surface area contributed by atoms with Gasteiger partial charge in [-0.05, 0) is 31.0 Å². The molecule has 1 N–H and O–H groups in total. The zero-order valence-electron chi connectivity index (χ0n) is 17.2. The molecule has 1 spiro atoms. The molecule has 2 fully saturated rings. The summed E-state index contributed by atoms with van der Waals surface area (Å²) in [6.07, 6.45) is 1.46. The van der Waals surface area contributed by atoms with E-state index in [4.69, 9.17) is 19.4 Å². The van der Waals surface area contributed by atoms with Crippen molar-refractivity contribution in [3.63, 3.8) is 0 Å². The molecule has 33 heavy (non-hydrogen) atoms. The summed E-state index contributed by atoms with van der Waals surface area (Å²) in [7, 11) is 0. The SMILES string of the molecule is O=C(O)C(F)(F)F.O=C(c1ncccn1)N1CCC[C@]2(C[C@H](Oc3ncccc3F)CO2)C1. The third-order valence-corrected chi connectivity index (χ3v) is 5.00. The second-order valence-corrected chi connectivity index (χ2v) is 7.43. The minimum absolute atomic E-state index is 0.0143. The van der Waals surface area contributed by atoms with Crippen LogP contribution in [-0.2, 0) is 9.53 Å². The second-order valence-electron chi connectivity index (χ2n) is 7.43. The highest BCUT2D eigenvalue weighted by Crippen LogP contribution is 2.36. The Bertz CT molecular complexity index is 978. The Kier molecular flexibility index (Phi) is 7.41. The Morgan fingerprint density at radius 3 is 2.48 bits per heavy atom. The molecule has 1 amide bonds. The molecule has 0 radical (unpaired) electrons. The maximum atomic E-state index is 13.7. The maximum Gasteiger partial charge on any atom is 0.490 e. The van der Waals surface area contributed by atoms with Gasteiger partial charge in [-0.1, -0.05) is 0 Å². The minimum atomic E-state index is -5.08. The molecule has 2 atom stereocenters. The van der Waals surface area contributed by atoms with E-state index in [0.717, 1.165) is 12.8 Å². The Morgan fingerprint density at radius 1 is 1.18 bits per heavy atom. The van der Waals surface area contributed by atoms with Crippen LogP contribution in [0.1, 0.15) is 29.9 Å². The number of rotatable bonds is 3. The van der Waals surface area contributed by atoms with Crippen molar-refractivity contribution in [1.29, 1.82) is 0 Å². The normalized spacial score (nSPS) is 22.4. The van der Waals surface area contributed by atoms with Gasteiger partial charge in [-0.25, -0.2) is 24.1 Å². The number of hydrogen-bond acceptors (Lipinski definition) is 7. The summed E-state index contributed by atoms with van der Waals surface area (Å²) in [4.78, 5) is 35.2. The molecule has 4 rings (SSSR count). The highest BCUT2D eigenvalue weighted by atomic mass is 19.4. The fourth-order valence-electron chi connectivity index (χ4n) is 3.60. The molecule has 0 aliphatic carbocycles. The zero-order valence-corrected chi connectivity index (χ0v) is 17.2. The second kappa shape index (κ2) is 10.1. The van der Waals surface area contributed by atoms with Crippen molar-refractivity contribution < 1.29 is 41.7 Å². The smallest absolute Gasteiger partial charge is 0.475 e. The van der Waals surface area contributed by atoms with Crippen LogP contribution in [0.5, 0.6) is 5.88 Å². The van der Waals surface area contributed by atoms with E-state index in [1.54, 1.807) is 23.4 Å². The average molecular weight is 472 g/mol. The predicted molar refractivity (Wildman–Crippen MR) is 103 cm³/mol. The Labute approximate surface area is 185 Å². The van der Waals surface area contributed by atoms with Crippen molar-refractivity contribution in [2.75, 3.05) is 19.7 Å². The van der Waals surface area contributed by atoms with Crippen molar-refractivity contribution in [3.05, 3.63) is 48.4 Å². The number of alkyl halides is 3. The lowest BCUT2D eigenvalue weighted by Crippen LogP contribution is -2.50. The summed E-state index contributed by atoms with van der Waals surface area (Å²) < 4.78 is 57.2. The Balaban J connectivity index is 0.000000383. The fraction of sp³-hybridized carbons (Fsp3) is 0.450. The summed E-state index contributed by atoms with van der Waals surface area (Å²) in [5, 5.41) is 7.12. The Hall–Kier alpha value is -3.35. The molecule has 2 aromatic rings. The molecule has 2 aliphatic heterocycles. The number of carboxylic acid groups (broad SMARTS) is 1. The van der Waals surface area contributed by atoms with E-state index < -0.39 is 23.6 Å². The minimum Gasteiger partial charge on any atom is -0.475 e. The average Bonchev–Trinajstić information content (AvgIpc) is 3.16. The van der Waals surface area contributed by atoms with Gasteiger partial charge >= 0.3 is 12.1 Å². The molecule has 4 heterocycles. The zero-order chi connectivity index (χ0) is 24.1. The number of carbonyl (C=O) groups excluding carboxylic acids is 1. The number of carbonyl (C=O) groups is 2. The van der Waals surface area contributed by atoms with Crippen LogP contribution in [0.15, 0.2) is 36.8 Å². The van der Waals surface area contributed by atoms with E-state index in [9.17, 15) is 22.4 Å². The summed E-state index contributed by atoms with van der Waals surface area (Å²) in [5.41, 5.74) is -0.474. The van der Waals surface area contributed by atoms with E-state index in [-0.39, 0.29) is 23.7 Å². The lowest BCUT2D eigenvalue weighted by atomic mass is 9.89. The van der Waals surface area contributed by atoms with Crippen molar-refractivity contribution >= 4 is 11.9 Å². The fourth-order valence-corrected chi connectivity index (χ4v) is 3.60. The van der Waals surface area contributed by atoms with Gasteiger partial charge in [-0.3, -0.25) is 4.79 Å². The first kappa shape index (κ1) is 24.3. The third-order valence-electron chi connectivity index (χ3n) is 5.00. The highest BCUT2D eigenvalue weighted by molar-refractivity contribution is 5.90. The molecule has 13 heteroatoms. The monoisotopic (exact) mass is 472 g/mol. The van der Waals surface area contributed by atoms with Gasteiger partial charge in [-0.15, -0.1) is 0 Å². The highest BCUT2D eigenvalue weighted by Gasteiger charge is 2.46. The van der Waals surface area contributed by atoms with Crippen LogP contribution in [0.25, 0.3) is 0 Å². The standard InChI is InChI=1S/C18H19FN4O3.C2HF3O2/c19-14-4-1-6-22-16(14)26-13-10-18(25-11-13)5-2-9-23(12-18)17(24)15-20-7-3-8-21-15;3-2(4,5)1(6)7/h1,3-4,6-8,13H,2,5,9-12H2;(H,6,7)/t13-,18-;/m0./s1. The topological polar surface area (TPSA) is 115 Å². The number of aliphatic carboxylic acids is 1. The van der Waals surface area contributed by atoms with Gasteiger partial charge in [0.1, 0.15) is 6.10 Å². The van der Waals surface area contributed by atoms with E-state index in [0.29, 0.717) is 26.1 Å². The Morgan fingerprint density at radius 2 is 1.85 bits per heavy atom. The van der Waals surface area contributed by atoms with Crippen molar-refractivity contribution in [3.8, 4) is 5.88 Å². The number of aromatic nitrogens is 3. The first-order valence-corrected chi connectivity index (χ1v) is 9.87. The largest absolute Gasteiger partial charge is 0.490 e. The number of piperidine rings is 1. The van der Waals surface area contributed by atoms with E-state index in [1.807, 2.05) is 0 Å². The molecule has 178 valence electrons. The van der Waals surface area contributed by atoms with Crippen molar-refractivity contribution in [2.45, 2.75) is 37.1 Å². The van der Waals surface area contributed by atoms with Crippen LogP contribution < -0.4 is 4.74 Å². The first-order chi connectivity index (χ1) is 15.6. The third kappa shape index (κ3) is 6.34. The van der Waals surface area contributed by atoms with Gasteiger partial charge in [0.05, 0.1) is 18.8 Å². The molecule has 0 unspecified atom stereocenters. The van der Waals surface area contributed by atoms with Crippen LogP contribution in [0.3, 0.4) is 0 Å². The van der Waals surface area contributed by atoms with Crippen LogP contribution in [0, 0.1) is 5.82 Å². The van der Waals surface area contributed by atoms with Crippen molar-refractivity contribution in [2.24, 2.45) is 0 Å². The lowest BCUT2D eigenvalue weighted by Gasteiger charge is -2.39. The lowest BCUT2D eigenvalue weighted by molar-refractivity contribution is -0.192. The predicted octanol–water partition coefficient (Wildman–Crippen LogP) is 2.49. The molecule has 9 nitrogen and oxygen atoms in total. The molecule has 2 saturated heterocycles. The van der Waals surface area contributed by atoms with E-state index >= 15 is 0 Å². The van der Waals surface area contributed by atoms with Gasteiger partial charge in [0.25, 0.3) is 11.8 Å². The maximum absolute atomic E-state index is 13.7. The van der Waals surface area contributed by atoms with Gasteiger partial charge < -0.3 is 19.5 Å². The quantitative estimate of drug-likeness (QED) is 0.678. The molecule has 0 saturated carbocycles. The summed E-state index contributed by atoms with van der Waals surface area (Å²) >= 11 is 0. The van der Waals surface area contributed by atoms with Gasteiger partial charge in [0.15, 0.2) is 5.82 Å². The van der Waals surface area contributed by atoms with Gasteiger partial charge in [0, 0.05) is 31.6 Å². The molecular weight excluding hydrogens is 452 g/mol. The summed E-state index contributed by atoms with van der Waals surface area (Å²) in [6, 6.07) is 4.51. The molecule has 0 aromatic carbocycles. The number of ether oxygens (including phenoxy) is 2. The number of likely N-dealkylation sites (tertiary alicyclic amines) is 1.